The number of nitrogens with one attached hydrogen (secondary N) is 1. The summed E-state index contributed by atoms with van der Waals surface area (Å²) in [4.78, 5) is 25.3. The van der Waals surface area contributed by atoms with E-state index in [1.165, 1.54) is 4.90 Å². The van der Waals surface area contributed by atoms with Crippen LogP contribution >= 0.6 is 0 Å². The maximum atomic E-state index is 12.1. The van der Waals surface area contributed by atoms with Crippen LogP contribution in [0, 0.1) is 0 Å². The molecule has 1 aromatic rings. The molecular weight excluding hydrogens is 228 g/mol. The summed E-state index contributed by atoms with van der Waals surface area (Å²) >= 11 is 0. The highest BCUT2D eigenvalue weighted by Gasteiger charge is 2.23. The van der Waals surface area contributed by atoms with Crippen LogP contribution in [0.15, 0.2) is 30.3 Å². The summed E-state index contributed by atoms with van der Waals surface area (Å²) in [7, 11) is 3.37. The van der Waals surface area contributed by atoms with Crippen LogP contribution in [0.4, 0.5) is 0 Å². The molecule has 0 bridgehead atoms. The molecule has 1 atom stereocenters. The number of hydrogen-bond acceptors (Lipinski definition) is 2. The third-order valence-corrected chi connectivity index (χ3v) is 2.60. The van der Waals surface area contributed by atoms with E-state index in [4.69, 9.17) is 0 Å². The lowest BCUT2D eigenvalue weighted by molar-refractivity contribution is -0.134. The summed E-state index contributed by atoms with van der Waals surface area (Å²) in [5.41, 5.74) is 0.806. The molecule has 2 amide bonds. The van der Waals surface area contributed by atoms with Gasteiger partial charge in [0, 0.05) is 20.5 Å². The van der Waals surface area contributed by atoms with Gasteiger partial charge in [-0.05, 0) is 12.0 Å². The number of carbonyl (C=O) groups excluding carboxylic acids is 2. The van der Waals surface area contributed by atoms with Crippen molar-refractivity contribution in [2.75, 3.05) is 14.1 Å². The predicted octanol–water partition coefficient (Wildman–Crippen LogP) is 1.73. The van der Waals surface area contributed by atoms with E-state index in [1.807, 2.05) is 37.3 Å². The number of hydrogen-bond donors (Lipinski definition) is 1. The van der Waals surface area contributed by atoms with Crippen LogP contribution in [0.2, 0.25) is 0 Å². The first kappa shape index (κ1) is 14.2. The molecule has 0 saturated heterocycles. The molecule has 4 heteroatoms. The molecular formula is C14H20N2O2. The van der Waals surface area contributed by atoms with Crippen LogP contribution < -0.4 is 5.32 Å². The van der Waals surface area contributed by atoms with Gasteiger partial charge in [-0.2, -0.15) is 0 Å². The van der Waals surface area contributed by atoms with Gasteiger partial charge in [0.15, 0.2) is 0 Å². The quantitative estimate of drug-likeness (QED) is 0.862. The molecule has 0 aliphatic carbocycles. The highest BCUT2D eigenvalue weighted by molar-refractivity contribution is 5.88. The molecule has 0 aromatic heterocycles. The number of rotatable bonds is 5. The smallest absolute Gasteiger partial charge is 0.249 e. The SMILES string of the molecule is CCCC(=O)NC(C(=O)N(C)C)c1ccccc1. The summed E-state index contributed by atoms with van der Waals surface area (Å²) in [5.74, 6) is -0.216. The first-order valence-corrected chi connectivity index (χ1v) is 6.11. The molecule has 0 saturated carbocycles. The van der Waals surface area contributed by atoms with E-state index in [1.54, 1.807) is 14.1 Å². The fourth-order valence-corrected chi connectivity index (χ4v) is 1.65. The van der Waals surface area contributed by atoms with Crippen LogP contribution in [0.5, 0.6) is 0 Å². The van der Waals surface area contributed by atoms with Crippen molar-refractivity contribution in [3.63, 3.8) is 0 Å². The molecule has 1 N–H and O–H groups in total. The van der Waals surface area contributed by atoms with Crippen molar-refractivity contribution in [2.24, 2.45) is 0 Å². The highest BCUT2D eigenvalue weighted by atomic mass is 16.2. The summed E-state index contributed by atoms with van der Waals surface area (Å²) < 4.78 is 0. The third-order valence-electron chi connectivity index (χ3n) is 2.60. The summed E-state index contributed by atoms with van der Waals surface area (Å²) in [6, 6.07) is 8.69. The summed E-state index contributed by atoms with van der Waals surface area (Å²) in [6.07, 6.45) is 1.20. The van der Waals surface area contributed by atoms with Crippen molar-refractivity contribution in [3.8, 4) is 0 Å². The first-order chi connectivity index (χ1) is 8.56. The molecule has 0 aliphatic rings. The second-order valence-electron chi connectivity index (χ2n) is 4.39. The second kappa shape index (κ2) is 6.79. The van der Waals surface area contributed by atoms with Gasteiger partial charge in [-0.3, -0.25) is 9.59 Å². The van der Waals surface area contributed by atoms with Gasteiger partial charge in [-0.25, -0.2) is 0 Å². The highest BCUT2D eigenvalue weighted by Crippen LogP contribution is 2.15. The average Bonchev–Trinajstić information content (AvgIpc) is 2.36. The Bertz CT molecular complexity index is 402. The van der Waals surface area contributed by atoms with E-state index in [-0.39, 0.29) is 11.8 Å². The first-order valence-electron chi connectivity index (χ1n) is 6.11. The van der Waals surface area contributed by atoms with Crippen LogP contribution in [0.3, 0.4) is 0 Å². The minimum absolute atomic E-state index is 0.0958. The standard InChI is InChI=1S/C14H20N2O2/c1-4-8-12(17)15-13(14(18)16(2)3)11-9-6-5-7-10-11/h5-7,9-10,13H,4,8H2,1-3H3,(H,15,17). The molecule has 0 fully saturated rings. The number of nitrogens with zero attached hydrogens (tertiary/aromatic N) is 1. The van der Waals surface area contributed by atoms with E-state index < -0.39 is 6.04 Å². The van der Waals surface area contributed by atoms with Crippen molar-refractivity contribution in [1.82, 2.24) is 10.2 Å². The predicted molar refractivity (Wildman–Crippen MR) is 70.9 cm³/mol. The Morgan fingerprint density at radius 1 is 1.22 bits per heavy atom. The lowest BCUT2D eigenvalue weighted by Crippen LogP contribution is -2.39. The average molecular weight is 248 g/mol. The zero-order valence-corrected chi connectivity index (χ0v) is 11.1. The normalized spacial score (nSPS) is 11.7. The van der Waals surface area contributed by atoms with Crippen LogP contribution in [-0.4, -0.2) is 30.8 Å². The molecule has 1 unspecified atom stereocenters. The van der Waals surface area contributed by atoms with Gasteiger partial charge >= 0.3 is 0 Å². The Balaban J connectivity index is 2.89. The Morgan fingerprint density at radius 2 is 1.83 bits per heavy atom. The van der Waals surface area contributed by atoms with Crippen molar-refractivity contribution in [3.05, 3.63) is 35.9 Å². The zero-order chi connectivity index (χ0) is 13.5. The second-order valence-corrected chi connectivity index (χ2v) is 4.39. The Labute approximate surface area is 108 Å². The van der Waals surface area contributed by atoms with Crippen molar-refractivity contribution in [1.29, 1.82) is 0 Å². The molecule has 0 radical (unpaired) electrons. The van der Waals surface area contributed by atoms with Gasteiger partial charge in [-0.15, -0.1) is 0 Å². The molecule has 1 rings (SSSR count). The topological polar surface area (TPSA) is 49.4 Å². The third kappa shape index (κ3) is 3.87. The molecule has 0 aliphatic heterocycles. The Morgan fingerprint density at radius 3 is 2.33 bits per heavy atom. The van der Waals surface area contributed by atoms with Crippen molar-refractivity contribution >= 4 is 11.8 Å². The fraction of sp³-hybridized carbons (Fsp3) is 0.429. The maximum absolute atomic E-state index is 12.1. The number of amides is 2. The molecule has 4 nitrogen and oxygen atoms in total. The van der Waals surface area contributed by atoms with E-state index in [0.29, 0.717) is 6.42 Å². The monoisotopic (exact) mass is 248 g/mol. The van der Waals surface area contributed by atoms with Gasteiger partial charge in [0.2, 0.25) is 11.8 Å². The largest absolute Gasteiger partial charge is 0.347 e. The van der Waals surface area contributed by atoms with Crippen LogP contribution in [-0.2, 0) is 9.59 Å². The number of likely N-dealkylation sites (N-methyl/N-ethyl adjacent to an activating group) is 1. The lowest BCUT2D eigenvalue weighted by Gasteiger charge is -2.22. The summed E-state index contributed by atoms with van der Waals surface area (Å²) in [6.45, 7) is 1.94. The molecule has 1 aromatic carbocycles. The summed E-state index contributed by atoms with van der Waals surface area (Å²) in [5, 5.41) is 2.79. The Hall–Kier alpha value is -1.84. The zero-order valence-electron chi connectivity index (χ0n) is 11.1. The lowest BCUT2D eigenvalue weighted by atomic mass is 10.1. The molecule has 0 spiro atoms. The van der Waals surface area contributed by atoms with E-state index in [2.05, 4.69) is 5.32 Å². The van der Waals surface area contributed by atoms with Gasteiger partial charge in [0.25, 0.3) is 0 Å². The van der Waals surface area contributed by atoms with Gasteiger partial charge < -0.3 is 10.2 Å². The maximum Gasteiger partial charge on any atom is 0.249 e. The van der Waals surface area contributed by atoms with E-state index >= 15 is 0 Å². The molecule has 18 heavy (non-hydrogen) atoms. The minimum atomic E-state index is -0.597. The van der Waals surface area contributed by atoms with E-state index in [9.17, 15) is 9.59 Å². The van der Waals surface area contributed by atoms with Gasteiger partial charge in [0.1, 0.15) is 6.04 Å². The Kier molecular flexibility index (Phi) is 5.36. The fourth-order valence-electron chi connectivity index (χ4n) is 1.65. The van der Waals surface area contributed by atoms with Crippen LogP contribution in [0.1, 0.15) is 31.4 Å². The number of carbonyl (C=O) groups is 2. The van der Waals surface area contributed by atoms with Crippen molar-refractivity contribution < 1.29 is 9.59 Å². The van der Waals surface area contributed by atoms with Crippen molar-refractivity contribution in [2.45, 2.75) is 25.8 Å². The molecule has 98 valence electrons. The minimum Gasteiger partial charge on any atom is -0.347 e. The molecule has 0 heterocycles. The van der Waals surface area contributed by atoms with Gasteiger partial charge in [0.05, 0.1) is 0 Å². The van der Waals surface area contributed by atoms with Gasteiger partial charge in [-0.1, -0.05) is 37.3 Å². The van der Waals surface area contributed by atoms with E-state index in [0.717, 1.165) is 12.0 Å². The van der Waals surface area contributed by atoms with Crippen LogP contribution in [0.25, 0.3) is 0 Å². The number of benzene rings is 1.